The minimum Gasteiger partial charge on any atom is -1.00 e. The summed E-state index contributed by atoms with van der Waals surface area (Å²) < 4.78 is 114. The van der Waals surface area contributed by atoms with Crippen LogP contribution in [0.25, 0.3) is 0 Å². The molecule has 0 aromatic carbocycles. The van der Waals surface area contributed by atoms with Crippen molar-refractivity contribution in [2.75, 3.05) is 0 Å². The van der Waals surface area contributed by atoms with E-state index in [0.717, 1.165) is 0 Å². The van der Waals surface area contributed by atoms with Crippen LogP contribution in [0, 0.1) is 0 Å². The van der Waals surface area contributed by atoms with Gasteiger partial charge in [0.25, 0.3) is 56.8 Å². The fraction of sp³-hybridized carbons (Fsp3) is 0. The van der Waals surface area contributed by atoms with E-state index in [1.807, 2.05) is 0 Å². The Balaban J connectivity index is -0.0000000114. The van der Waals surface area contributed by atoms with Gasteiger partial charge < -0.3 is 4.28 Å². The zero-order valence-corrected chi connectivity index (χ0v) is 21.6. The van der Waals surface area contributed by atoms with Gasteiger partial charge in [0.2, 0.25) is 0 Å². The van der Waals surface area contributed by atoms with Crippen LogP contribution in [-0.4, -0.2) is 66.6 Å². The first-order chi connectivity index (χ1) is 8.66. The zero-order valence-electron chi connectivity index (χ0n) is 14.6. The Morgan fingerprint density at radius 2 is 0.348 bits per heavy atom. The Morgan fingerprint density at radius 1 is 0.348 bits per heavy atom. The molecule has 0 unspecified atom stereocenters. The van der Waals surface area contributed by atoms with Crippen molar-refractivity contribution in [3.05, 3.63) is 0 Å². The monoisotopic (exact) mass is 482 g/mol. The fourth-order valence-electron chi connectivity index (χ4n) is 0. The molecule has 0 aromatic rings. The molecule has 0 bridgehead atoms. The molecule has 0 heterocycles. The number of hydrogen-bond donors (Lipinski definition) is 10. The van der Waals surface area contributed by atoms with E-state index in [4.69, 9.17) is 66.6 Å². The van der Waals surface area contributed by atoms with Crippen molar-refractivity contribution in [2.45, 2.75) is 0 Å². The fourth-order valence-corrected chi connectivity index (χ4v) is 0. The molecule has 0 radical (unpaired) electrons. The smallest absolute Gasteiger partial charge is 1.00 e. The van der Waals surface area contributed by atoms with E-state index < -0.39 is 56.8 Å². The van der Waals surface area contributed by atoms with Crippen molar-refractivity contribution in [3.8, 4) is 0 Å². The summed E-state index contributed by atoms with van der Waals surface area (Å²) in [7, 11) is 0. The third kappa shape index (κ3) is 1230. The van der Waals surface area contributed by atoms with Gasteiger partial charge in [-0.05, 0) is 0 Å². The van der Waals surface area contributed by atoms with Crippen molar-refractivity contribution < 1.29 is 160 Å². The molecule has 23 heteroatoms. The van der Waals surface area contributed by atoms with Crippen LogP contribution < -0.4 is 88.7 Å². The Labute approximate surface area is 213 Å². The molecule has 0 aliphatic heterocycles. The zero-order chi connectivity index (χ0) is 17.9. The first-order valence-corrected chi connectivity index (χ1v) is 7.98. The van der Waals surface area contributed by atoms with Gasteiger partial charge in [0.1, 0.15) is 0 Å². The molecule has 0 atom stereocenters. The van der Waals surface area contributed by atoms with Gasteiger partial charge in [0.15, 0.2) is 0 Å². The molecule has 0 aliphatic rings. The molecule has 0 fully saturated rings. The van der Waals surface area contributed by atoms with Crippen LogP contribution in [0.2, 0.25) is 0 Å². The predicted molar refractivity (Wildman–Crippen MR) is 70.3 cm³/mol. The van der Waals surface area contributed by atoms with Gasteiger partial charge >= 0.3 is 88.7 Å². The summed E-state index contributed by atoms with van der Waals surface area (Å²) in [5, 5.41) is 0. The molecule has 0 saturated heterocycles. The molecular formula is H13Na3O15S5. The number of hydrogen-bond acceptors (Lipinski definition) is 5. The molecule has 15 nitrogen and oxygen atoms in total. The second-order valence-electron chi connectivity index (χ2n) is 1.15. The molecule has 0 amide bonds. The maximum Gasteiger partial charge on any atom is 1.00 e. The van der Waals surface area contributed by atoms with Gasteiger partial charge in [-0.15, -0.1) is 0 Å². The van der Waals surface area contributed by atoms with Crippen molar-refractivity contribution in [3.63, 3.8) is 0 Å². The van der Waals surface area contributed by atoms with Crippen LogP contribution in [0.15, 0.2) is 0 Å². The molecular weight excluding hydrogens is 469 g/mol. The normalized spacial score (nSPS) is 7.61. The van der Waals surface area contributed by atoms with Gasteiger partial charge in [-0.2, -0.15) is 21.0 Å². The van der Waals surface area contributed by atoms with Gasteiger partial charge in [-0.3, -0.25) is 45.5 Å². The first kappa shape index (κ1) is 50.3. The molecule has 136 valence electrons. The second-order valence-corrected chi connectivity index (χ2v) is 3.46. The molecule has 0 rings (SSSR count). The Hall–Kier alpha value is 3.35. The SMILES string of the molecule is O=S(O)O.O=S(O)O.O=S(O)O.O=S(O)O.O=S(O)O.[H-].[H-].[H-].[Na+].[Na+].[Na+]. The van der Waals surface area contributed by atoms with Crippen LogP contribution in [0.4, 0.5) is 0 Å². The minimum absolute atomic E-state index is 0. The predicted octanol–water partition coefficient (Wildman–Crippen LogP) is -10.2. The van der Waals surface area contributed by atoms with Crippen molar-refractivity contribution in [1.82, 2.24) is 0 Å². The van der Waals surface area contributed by atoms with Crippen LogP contribution >= 0.6 is 0 Å². The average molecular weight is 482 g/mol. The van der Waals surface area contributed by atoms with E-state index in [-0.39, 0.29) is 93.0 Å². The van der Waals surface area contributed by atoms with E-state index in [0.29, 0.717) is 0 Å². The Morgan fingerprint density at radius 3 is 0.348 bits per heavy atom. The van der Waals surface area contributed by atoms with E-state index in [1.165, 1.54) is 0 Å². The molecule has 10 N–H and O–H groups in total. The summed E-state index contributed by atoms with van der Waals surface area (Å²) in [4.78, 5) is 0. The Bertz CT molecular complexity index is 227. The van der Waals surface area contributed by atoms with E-state index in [2.05, 4.69) is 0 Å². The first-order valence-electron chi connectivity index (χ1n) is 2.66. The molecule has 0 spiro atoms. The van der Waals surface area contributed by atoms with Crippen molar-refractivity contribution in [1.29, 1.82) is 0 Å². The van der Waals surface area contributed by atoms with Gasteiger partial charge in [-0.25, -0.2) is 0 Å². The Kier molecular flexibility index (Phi) is 97.6. The summed E-state index contributed by atoms with van der Waals surface area (Å²) in [6.07, 6.45) is 0. The van der Waals surface area contributed by atoms with Crippen LogP contribution in [0.3, 0.4) is 0 Å². The molecule has 0 saturated carbocycles. The maximum absolute atomic E-state index is 8.67. The van der Waals surface area contributed by atoms with Crippen LogP contribution in [-0.2, 0) is 56.8 Å². The van der Waals surface area contributed by atoms with Crippen molar-refractivity contribution in [2.24, 2.45) is 0 Å². The van der Waals surface area contributed by atoms with E-state index in [1.54, 1.807) is 0 Å². The molecule has 0 aliphatic carbocycles. The molecule has 0 aromatic heterocycles. The quantitative estimate of drug-likeness (QED) is 0.113. The van der Waals surface area contributed by atoms with Gasteiger partial charge in [0, 0.05) is 0 Å². The van der Waals surface area contributed by atoms with Gasteiger partial charge in [-0.1, -0.05) is 0 Å². The second kappa shape index (κ2) is 44.6. The van der Waals surface area contributed by atoms with Gasteiger partial charge in [0.05, 0.1) is 0 Å². The third-order valence-corrected chi connectivity index (χ3v) is 0. The largest absolute Gasteiger partial charge is 1.00 e. The number of rotatable bonds is 0. The molecule has 23 heavy (non-hydrogen) atoms. The summed E-state index contributed by atoms with van der Waals surface area (Å²) in [6, 6.07) is 0. The summed E-state index contributed by atoms with van der Waals surface area (Å²) >= 11 is -13.1. The van der Waals surface area contributed by atoms with E-state index >= 15 is 0 Å². The van der Waals surface area contributed by atoms with Crippen LogP contribution in [0.1, 0.15) is 4.28 Å². The summed E-state index contributed by atoms with van der Waals surface area (Å²) in [5.74, 6) is 0. The van der Waals surface area contributed by atoms with E-state index in [9.17, 15) is 0 Å². The summed E-state index contributed by atoms with van der Waals surface area (Å²) in [5.41, 5.74) is 0. The standard InChI is InChI=1S/3Na.5H2O3S.3H/c;;;5*1-4(2)3;;;/h;;;5*(H2,1,2,3);;;/q3*+1;;;;;;3*-1. The average Bonchev–Trinajstić information content (AvgIpc) is 1.94. The van der Waals surface area contributed by atoms with Crippen LogP contribution in [0.5, 0.6) is 0 Å². The summed E-state index contributed by atoms with van der Waals surface area (Å²) in [6.45, 7) is 0. The maximum atomic E-state index is 8.67. The minimum atomic E-state index is -2.61. The third-order valence-electron chi connectivity index (χ3n) is 0. The topological polar surface area (TPSA) is 288 Å². The van der Waals surface area contributed by atoms with Crippen molar-refractivity contribution >= 4 is 56.8 Å².